The van der Waals surface area contributed by atoms with Gasteiger partial charge in [0.2, 0.25) is 17.8 Å². The Morgan fingerprint density at radius 1 is 0.463 bits per heavy atom. The second-order valence-corrected chi connectivity index (χ2v) is 14.3. The normalized spacial score (nSPS) is 12.8. The van der Waals surface area contributed by atoms with E-state index in [1.165, 1.54) is 0 Å². The molecule has 0 radical (unpaired) electrons. The van der Waals surface area contributed by atoms with Crippen molar-refractivity contribution in [2.24, 2.45) is 17.8 Å². The molecule has 0 amide bonds. The molecule has 3 aromatic carbocycles. The summed E-state index contributed by atoms with van der Waals surface area (Å²) in [5.41, 5.74) is 4.16. The van der Waals surface area contributed by atoms with Crippen molar-refractivity contribution >= 4 is 52.3 Å². The third kappa shape index (κ3) is 12.1. The molecule has 9 nitrogen and oxygen atoms in total. The van der Waals surface area contributed by atoms with Gasteiger partial charge in [-0.25, -0.2) is 0 Å². The van der Waals surface area contributed by atoms with Crippen LogP contribution in [0.2, 0.25) is 0 Å². The van der Waals surface area contributed by atoms with E-state index in [1.54, 1.807) is 0 Å². The Morgan fingerprint density at radius 3 is 1.17 bits per heavy atom. The predicted molar refractivity (Wildman–Crippen MR) is 222 cm³/mol. The number of unbranched alkanes of at least 4 members (excludes halogenated alkanes) is 3. The molecule has 4 rings (SSSR count). The Balaban J connectivity index is 1.60. The van der Waals surface area contributed by atoms with E-state index in [4.69, 9.17) is 0 Å². The SMILES string of the molecule is CCCCC(CC)C(=O)c1ccc(Nc2nc(Nc3ccc(C(=O)C(CC)CCCC)cc3)nc(Nc3cccc(C(=O)C(CC)CCCC)c3)n2)cc1. The summed E-state index contributed by atoms with van der Waals surface area (Å²) in [6.45, 7) is 12.6. The monoisotopic (exact) mass is 732 g/mol. The quantitative estimate of drug-likeness (QED) is 0.0603. The molecule has 4 aromatic rings. The summed E-state index contributed by atoms with van der Waals surface area (Å²) in [6, 6.07) is 22.3. The lowest BCUT2D eigenvalue weighted by Gasteiger charge is -2.15. The molecular weight excluding hydrogens is 673 g/mol. The van der Waals surface area contributed by atoms with Crippen LogP contribution in [0.4, 0.5) is 34.9 Å². The molecule has 54 heavy (non-hydrogen) atoms. The molecule has 3 atom stereocenters. The summed E-state index contributed by atoms with van der Waals surface area (Å²) < 4.78 is 0. The van der Waals surface area contributed by atoms with Crippen LogP contribution in [0.15, 0.2) is 72.8 Å². The van der Waals surface area contributed by atoms with E-state index in [2.05, 4.69) is 72.4 Å². The van der Waals surface area contributed by atoms with Crippen molar-refractivity contribution < 1.29 is 14.4 Å². The summed E-state index contributed by atoms with van der Waals surface area (Å²) in [5, 5.41) is 9.85. The first-order valence-corrected chi connectivity index (χ1v) is 20.2. The Labute approximate surface area is 322 Å². The van der Waals surface area contributed by atoms with E-state index in [1.807, 2.05) is 72.8 Å². The number of anilines is 6. The van der Waals surface area contributed by atoms with Crippen molar-refractivity contribution in [2.45, 2.75) is 119 Å². The molecule has 9 heteroatoms. The number of hydrogen-bond acceptors (Lipinski definition) is 9. The average Bonchev–Trinajstić information content (AvgIpc) is 3.19. The first-order valence-electron chi connectivity index (χ1n) is 20.2. The van der Waals surface area contributed by atoms with Gasteiger partial charge in [-0.1, -0.05) is 92.2 Å². The molecule has 0 aliphatic rings. The zero-order chi connectivity index (χ0) is 38.9. The molecule has 3 N–H and O–H groups in total. The number of carbonyl (C=O) groups excluding carboxylic acids is 3. The van der Waals surface area contributed by atoms with Gasteiger partial charge in [-0.2, -0.15) is 15.0 Å². The van der Waals surface area contributed by atoms with Crippen molar-refractivity contribution in [2.75, 3.05) is 16.0 Å². The third-order valence-electron chi connectivity index (χ3n) is 10.2. The van der Waals surface area contributed by atoms with Crippen LogP contribution in [-0.4, -0.2) is 32.3 Å². The number of Topliss-reactive ketones (excluding diaryl/α,β-unsaturated/α-hetero) is 3. The summed E-state index contributed by atoms with van der Waals surface area (Å²) in [7, 11) is 0. The lowest BCUT2D eigenvalue weighted by molar-refractivity contribution is 0.0900. The van der Waals surface area contributed by atoms with Gasteiger partial charge in [-0.05, 0) is 99.2 Å². The maximum Gasteiger partial charge on any atom is 0.233 e. The van der Waals surface area contributed by atoms with E-state index in [0.717, 1.165) is 88.4 Å². The number of nitrogens with zero attached hydrogens (tertiary/aromatic N) is 3. The molecule has 1 heterocycles. The second-order valence-electron chi connectivity index (χ2n) is 14.3. The molecule has 3 unspecified atom stereocenters. The van der Waals surface area contributed by atoms with Crippen LogP contribution in [0.1, 0.15) is 150 Å². The van der Waals surface area contributed by atoms with Crippen LogP contribution >= 0.6 is 0 Å². The van der Waals surface area contributed by atoms with Gasteiger partial charge in [0.15, 0.2) is 17.3 Å². The van der Waals surface area contributed by atoms with Crippen molar-refractivity contribution in [3.8, 4) is 0 Å². The Kier molecular flexibility index (Phi) is 16.8. The number of benzene rings is 3. The molecule has 1 aromatic heterocycles. The van der Waals surface area contributed by atoms with Gasteiger partial charge in [0.25, 0.3) is 0 Å². The maximum absolute atomic E-state index is 13.4. The molecule has 0 fully saturated rings. The van der Waals surface area contributed by atoms with Gasteiger partial charge < -0.3 is 16.0 Å². The van der Waals surface area contributed by atoms with Crippen LogP contribution < -0.4 is 16.0 Å². The van der Waals surface area contributed by atoms with E-state index in [-0.39, 0.29) is 52.9 Å². The minimum absolute atomic E-state index is 0.0132. The summed E-state index contributed by atoms with van der Waals surface area (Å²) in [4.78, 5) is 53.8. The van der Waals surface area contributed by atoms with Crippen molar-refractivity contribution in [3.63, 3.8) is 0 Å². The van der Waals surface area contributed by atoms with Gasteiger partial charge in [0, 0.05) is 51.5 Å². The number of nitrogens with one attached hydrogen (secondary N) is 3. The van der Waals surface area contributed by atoms with Crippen LogP contribution in [0.25, 0.3) is 0 Å². The highest BCUT2D eigenvalue weighted by Crippen LogP contribution is 2.26. The topological polar surface area (TPSA) is 126 Å². The lowest BCUT2D eigenvalue weighted by Crippen LogP contribution is -2.14. The third-order valence-corrected chi connectivity index (χ3v) is 10.2. The first kappa shape index (κ1) is 41.8. The standard InChI is InChI=1S/C45H60N6O3/c1-7-13-17-31(10-4)40(52)34-22-26-37(27-23-34)46-43-49-44(47-38-28-24-35(25-29-38)41(53)32(11-5)18-14-8-2)51-45(50-43)48-39-21-16-20-36(30-39)42(54)33(12-6)19-15-9-3/h16,20-33H,7-15,17-19H2,1-6H3,(H3,46,47,48,49,50,51). The molecule has 0 saturated heterocycles. The smallest absolute Gasteiger partial charge is 0.233 e. The van der Waals surface area contributed by atoms with E-state index in [9.17, 15) is 14.4 Å². The van der Waals surface area contributed by atoms with Crippen LogP contribution in [-0.2, 0) is 0 Å². The number of rotatable bonds is 24. The molecule has 0 saturated carbocycles. The van der Waals surface area contributed by atoms with Crippen molar-refractivity contribution in [3.05, 3.63) is 89.5 Å². The first-order chi connectivity index (χ1) is 26.2. The zero-order valence-electron chi connectivity index (χ0n) is 33.2. The summed E-state index contributed by atoms with van der Waals surface area (Å²) in [6.07, 6.45) is 11.4. The highest BCUT2D eigenvalue weighted by atomic mass is 16.1. The van der Waals surface area contributed by atoms with Crippen molar-refractivity contribution in [1.29, 1.82) is 0 Å². The molecule has 0 bridgehead atoms. The summed E-state index contributed by atoms with van der Waals surface area (Å²) in [5.74, 6) is 1.37. The fourth-order valence-electron chi connectivity index (χ4n) is 6.74. The van der Waals surface area contributed by atoms with E-state index < -0.39 is 0 Å². The van der Waals surface area contributed by atoms with Crippen molar-refractivity contribution in [1.82, 2.24) is 15.0 Å². The van der Waals surface area contributed by atoms with Crippen LogP contribution in [0, 0.1) is 17.8 Å². The number of hydrogen-bond donors (Lipinski definition) is 3. The number of carbonyl (C=O) groups is 3. The van der Waals surface area contributed by atoms with Crippen LogP contribution in [0.5, 0.6) is 0 Å². The Bertz CT molecular complexity index is 1700. The van der Waals surface area contributed by atoms with Crippen LogP contribution in [0.3, 0.4) is 0 Å². The van der Waals surface area contributed by atoms with Gasteiger partial charge in [0.05, 0.1) is 0 Å². The summed E-state index contributed by atoms with van der Waals surface area (Å²) >= 11 is 0. The number of aromatic nitrogens is 3. The van der Waals surface area contributed by atoms with Gasteiger partial charge in [-0.15, -0.1) is 0 Å². The average molecular weight is 733 g/mol. The zero-order valence-corrected chi connectivity index (χ0v) is 33.2. The fraction of sp³-hybridized carbons (Fsp3) is 0.467. The van der Waals surface area contributed by atoms with E-state index in [0.29, 0.717) is 22.4 Å². The second kappa shape index (κ2) is 21.7. The van der Waals surface area contributed by atoms with Gasteiger partial charge >= 0.3 is 0 Å². The Hall–Kier alpha value is -4.92. The van der Waals surface area contributed by atoms with E-state index >= 15 is 0 Å². The highest BCUT2D eigenvalue weighted by molar-refractivity contribution is 5.99. The minimum Gasteiger partial charge on any atom is -0.324 e. The molecule has 0 aliphatic carbocycles. The number of ketones is 3. The Morgan fingerprint density at radius 2 is 0.815 bits per heavy atom. The molecule has 0 spiro atoms. The predicted octanol–water partition coefficient (Wildman–Crippen LogP) is 12.3. The maximum atomic E-state index is 13.4. The van der Waals surface area contributed by atoms with Gasteiger partial charge in [-0.3, -0.25) is 14.4 Å². The molecule has 288 valence electrons. The van der Waals surface area contributed by atoms with Gasteiger partial charge in [0.1, 0.15) is 0 Å². The minimum atomic E-state index is -0.0132. The largest absolute Gasteiger partial charge is 0.324 e. The fourth-order valence-corrected chi connectivity index (χ4v) is 6.74. The molecule has 0 aliphatic heterocycles. The lowest BCUT2D eigenvalue weighted by atomic mass is 9.90. The highest BCUT2D eigenvalue weighted by Gasteiger charge is 2.21. The molecular formula is C45H60N6O3.